The largest absolute Gasteiger partial charge is 0.480 e. The molecule has 1 rings (SSSR count). The van der Waals surface area contributed by atoms with E-state index in [1.165, 1.54) is 19.3 Å². The molecule has 0 heterocycles. The topological polar surface area (TPSA) is 63.6 Å². The van der Waals surface area contributed by atoms with Crippen molar-refractivity contribution < 1.29 is 19.4 Å². The van der Waals surface area contributed by atoms with Crippen LogP contribution >= 0.6 is 0 Å². The first kappa shape index (κ1) is 25.0. The smallest absolute Gasteiger partial charge is 0.323 e. The molecular formula is C24H44O4. The number of hydrogen-bond donors (Lipinski definition) is 1. The van der Waals surface area contributed by atoms with Gasteiger partial charge >= 0.3 is 11.9 Å². The highest BCUT2D eigenvalue weighted by molar-refractivity contribution is 5.99. The highest BCUT2D eigenvalue weighted by Crippen LogP contribution is 2.38. The number of ether oxygens (including phenoxy) is 1. The standard InChI is InChI=1S/C24H44O4/c1-19(2)13-7-5-8-15-21(16-10-9-14-20(3)4)28-23(27)24(22(25)26)17-11-6-12-18-24/h19-21H,5-18H2,1-4H3,(H,25,26). The lowest BCUT2D eigenvalue weighted by Gasteiger charge is -2.32. The van der Waals surface area contributed by atoms with Gasteiger partial charge in [-0.25, -0.2) is 0 Å². The van der Waals surface area contributed by atoms with Crippen LogP contribution in [0.1, 0.15) is 118 Å². The minimum atomic E-state index is -1.30. The summed E-state index contributed by atoms with van der Waals surface area (Å²) in [5.41, 5.74) is -1.30. The minimum Gasteiger partial charge on any atom is -0.480 e. The molecule has 0 aromatic heterocycles. The molecule has 0 bridgehead atoms. The van der Waals surface area contributed by atoms with Crippen LogP contribution in [-0.4, -0.2) is 23.1 Å². The molecule has 164 valence electrons. The van der Waals surface area contributed by atoms with E-state index in [4.69, 9.17) is 4.74 Å². The Labute approximate surface area is 172 Å². The van der Waals surface area contributed by atoms with Crippen LogP contribution < -0.4 is 0 Å². The summed E-state index contributed by atoms with van der Waals surface area (Å²) in [5, 5.41) is 9.74. The SMILES string of the molecule is CC(C)CCCCCC(CCCCC(C)C)OC(=O)C1(C(=O)O)CCCCC1. The molecular weight excluding hydrogens is 352 g/mol. The first-order valence-electron chi connectivity index (χ1n) is 11.7. The fourth-order valence-corrected chi connectivity index (χ4v) is 4.21. The van der Waals surface area contributed by atoms with Gasteiger partial charge in [0.15, 0.2) is 5.41 Å². The molecule has 28 heavy (non-hydrogen) atoms. The summed E-state index contributed by atoms with van der Waals surface area (Å²) >= 11 is 0. The van der Waals surface area contributed by atoms with Gasteiger partial charge in [0, 0.05) is 0 Å². The molecule has 1 fully saturated rings. The molecule has 1 aliphatic rings. The van der Waals surface area contributed by atoms with Crippen molar-refractivity contribution in [1.29, 1.82) is 0 Å². The van der Waals surface area contributed by atoms with E-state index in [2.05, 4.69) is 27.7 Å². The zero-order valence-electron chi connectivity index (χ0n) is 18.8. The molecule has 4 heteroatoms. The maximum atomic E-state index is 12.9. The zero-order chi connectivity index (χ0) is 21.0. The third-order valence-corrected chi connectivity index (χ3v) is 6.15. The van der Waals surface area contributed by atoms with E-state index in [0.29, 0.717) is 18.8 Å². The fourth-order valence-electron chi connectivity index (χ4n) is 4.21. The molecule has 1 saturated carbocycles. The molecule has 1 N–H and O–H groups in total. The number of aliphatic carboxylic acids is 1. The average molecular weight is 397 g/mol. The second kappa shape index (κ2) is 13.2. The van der Waals surface area contributed by atoms with Crippen molar-refractivity contribution in [2.45, 2.75) is 124 Å². The Kier molecular flexibility index (Phi) is 11.8. The van der Waals surface area contributed by atoms with E-state index in [0.717, 1.165) is 63.7 Å². The highest BCUT2D eigenvalue weighted by Gasteiger charge is 2.48. The van der Waals surface area contributed by atoms with Gasteiger partial charge in [0.05, 0.1) is 0 Å². The lowest BCUT2D eigenvalue weighted by atomic mass is 9.74. The molecule has 0 radical (unpaired) electrons. The van der Waals surface area contributed by atoms with Crippen molar-refractivity contribution >= 4 is 11.9 Å². The van der Waals surface area contributed by atoms with Gasteiger partial charge in [-0.2, -0.15) is 0 Å². The summed E-state index contributed by atoms with van der Waals surface area (Å²) in [7, 11) is 0. The van der Waals surface area contributed by atoms with Crippen LogP contribution in [0.5, 0.6) is 0 Å². The van der Waals surface area contributed by atoms with Crippen LogP contribution in [0, 0.1) is 17.3 Å². The van der Waals surface area contributed by atoms with E-state index in [1.54, 1.807) is 0 Å². The van der Waals surface area contributed by atoms with Gasteiger partial charge < -0.3 is 9.84 Å². The first-order chi connectivity index (χ1) is 13.3. The molecule has 0 aromatic rings. The molecule has 0 aliphatic heterocycles. The van der Waals surface area contributed by atoms with E-state index < -0.39 is 17.4 Å². The lowest BCUT2D eigenvalue weighted by Crippen LogP contribution is -2.43. The second-order valence-corrected chi connectivity index (χ2v) is 9.69. The van der Waals surface area contributed by atoms with Gasteiger partial charge in [0.2, 0.25) is 0 Å². The number of unbranched alkanes of at least 4 members (excludes halogenated alkanes) is 3. The van der Waals surface area contributed by atoms with Crippen LogP contribution in [0.15, 0.2) is 0 Å². The number of carbonyl (C=O) groups excluding carboxylic acids is 1. The Morgan fingerprint density at radius 3 is 1.75 bits per heavy atom. The molecule has 4 nitrogen and oxygen atoms in total. The summed E-state index contributed by atoms with van der Waals surface area (Å²) in [6.45, 7) is 8.95. The normalized spacial score (nSPS) is 17.6. The first-order valence-corrected chi connectivity index (χ1v) is 11.7. The van der Waals surface area contributed by atoms with Crippen molar-refractivity contribution in [1.82, 2.24) is 0 Å². The van der Waals surface area contributed by atoms with Gasteiger partial charge in [-0.15, -0.1) is 0 Å². The second-order valence-electron chi connectivity index (χ2n) is 9.69. The van der Waals surface area contributed by atoms with Gasteiger partial charge in [-0.1, -0.05) is 79.1 Å². The number of carboxylic acid groups (broad SMARTS) is 1. The fraction of sp³-hybridized carbons (Fsp3) is 0.917. The van der Waals surface area contributed by atoms with E-state index in [1.807, 2.05) is 0 Å². The number of carboxylic acids is 1. The van der Waals surface area contributed by atoms with Gasteiger partial charge in [0.25, 0.3) is 0 Å². The monoisotopic (exact) mass is 396 g/mol. The van der Waals surface area contributed by atoms with Crippen LogP contribution in [0.25, 0.3) is 0 Å². The van der Waals surface area contributed by atoms with Gasteiger partial charge in [0.1, 0.15) is 6.10 Å². The predicted molar refractivity (Wildman–Crippen MR) is 114 cm³/mol. The van der Waals surface area contributed by atoms with E-state index >= 15 is 0 Å². The summed E-state index contributed by atoms with van der Waals surface area (Å²) in [4.78, 5) is 24.8. The average Bonchev–Trinajstić information content (AvgIpc) is 2.64. The molecule has 0 aromatic carbocycles. The van der Waals surface area contributed by atoms with E-state index in [9.17, 15) is 14.7 Å². The third-order valence-electron chi connectivity index (χ3n) is 6.15. The molecule has 1 unspecified atom stereocenters. The molecule has 0 amide bonds. The van der Waals surface area contributed by atoms with E-state index in [-0.39, 0.29) is 6.10 Å². The Hall–Kier alpha value is -1.06. The maximum Gasteiger partial charge on any atom is 0.323 e. The third kappa shape index (κ3) is 8.96. The Morgan fingerprint density at radius 2 is 1.25 bits per heavy atom. The highest BCUT2D eigenvalue weighted by atomic mass is 16.5. The Bertz CT molecular complexity index is 450. The van der Waals surface area contributed by atoms with Crippen LogP contribution in [0.4, 0.5) is 0 Å². The number of hydrogen-bond acceptors (Lipinski definition) is 3. The molecule has 1 aliphatic carbocycles. The molecule has 0 spiro atoms. The van der Waals surface area contributed by atoms with Gasteiger partial charge in [-0.05, 0) is 50.4 Å². The summed E-state index contributed by atoms with van der Waals surface area (Å²) in [5.74, 6) is -0.0515. The number of carbonyl (C=O) groups is 2. The predicted octanol–water partition coefficient (Wildman–Crippen LogP) is 6.76. The van der Waals surface area contributed by atoms with Crippen molar-refractivity contribution in [3.05, 3.63) is 0 Å². The van der Waals surface area contributed by atoms with Crippen LogP contribution in [-0.2, 0) is 14.3 Å². The van der Waals surface area contributed by atoms with Gasteiger partial charge in [-0.3, -0.25) is 9.59 Å². The quantitative estimate of drug-likeness (QED) is 0.200. The zero-order valence-corrected chi connectivity index (χ0v) is 18.8. The van der Waals surface area contributed by atoms with Crippen molar-refractivity contribution in [2.24, 2.45) is 17.3 Å². The summed E-state index contributed by atoms with van der Waals surface area (Å²) < 4.78 is 5.87. The molecule has 0 saturated heterocycles. The van der Waals surface area contributed by atoms with Crippen LogP contribution in [0.2, 0.25) is 0 Å². The number of rotatable bonds is 14. The summed E-state index contributed by atoms with van der Waals surface area (Å²) in [6.07, 6.45) is 13.1. The van der Waals surface area contributed by atoms with Crippen LogP contribution in [0.3, 0.4) is 0 Å². The molecule has 1 atom stereocenters. The Morgan fingerprint density at radius 1 is 0.786 bits per heavy atom. The lowest BCUT2D eigenvalue weighted by molar-refractivity contribution is -0.175. The minimum absolute atomic E-state index is 0.128. The summed E-state index contributed by atoms with van der Waals surface area (Å²) in [6, 6.07) is 0. The van der Waals surface area contributed by atoms with Crippen molar-refractivity contribution in [3.63, 3.8) is 0 Å². The maximum absolute atomic E-state index is 12.9. The number of esters is 1. The van der Waals surface area contributed by atoms with Crippen molar-refractivity contribution in [2.75, 3.05) is 0 Å². The Balaban J connectivity index is 2.60. The van der Waals surface area contributed by atoms with Crippen molar-refractivity contribution in [3.8, 4) is 0 Å².